The average Bonchev–Trinajstić information content (AvgIpc) is 2.76. The van der Waals surface area contributed by atoms with E-state index in [2.05, 4.69) is 15.4 Å². The van der Waals surface area contributed by atoms with Crippen LogP contribution in [0, 0.1) is 0 Å². The Morgan fingerprint density at radius 2 is 1.77 bits per heavy atom. The third-order valence-electron chi connectivity index (χ3n) is 4.51. The minimum Gasteiger partial charge on any atom is -0.478 e. The van der Waals surface area contributed by atoms with Crippen molar-refractivity contribution in [2.45, 2.75) is 25.4 Å². The Labute approximate surface area is 175 Å². The van der Waals surface area contributed by atoms with Crippen LogP contribution in [0.1, 0.15) is 27.9 Å². The molecule has 0 saturated carbocycles. The van der Waals surface area contributed by atoms with Crippen molar-refractivity contribution in [1.29, 1.82) is 0 Å². The van der Waals surface area contributed by atoms with Gasteiger partial charge in [0, 0.05) is 12.2 Å². The zero-order valence-corrected chi connectivity index (χ0v) is 17.0. The summed E-state index contributed by atoms with van der Waals surface area (Å²) >= 11 is 0. The number of nitrogens with one attached hydrogen (secondary N) is 2. The lowest BCUT2D eigenvalue weighted by Crippen LogP contribution is -2.34. The predicted molar refractivity (Wildman–Crippen MR) is 111 cm³/mol. The van der Waals surface area contributed by atoms with Crippen LogP contribution >= 0.6 is 0 Å². The van der Waals surface area contributed by atoms with Crippen LogP contribution in [0.4, 0.5) is 5.69 Å². The molecule has 8 heteroatoms. The fraction of sp³-hybridized carbons (Fsp3) is 0.318. The summed E-state index contributed by atoms with van der Waals surface area (Å²) in [5.41, 5.74) is 2.50. The first-order valence-corrected chi connectivity index (χ1v) is 9.46. The van der Waals surface area contributed by atoms with Gasteiger partial charge in [-0.15, -0.1) is 0 Å². The number of rotatable bonds is 11. The van der Waals surface area contributed by atoms with E-state index in [-0.39, 0.29) is 12.0 Å². The SMILES string of the molecule is COC(=O)CC(Nc1ccc(C(=O)O)cc1CNCCc1ccccc1)C(=O)OC. The molecule has 0 aromatic heterocycles. The summed E-state index contributed by atoms with van der Waals surface area (Å²) in [4.78, 5) is 35.1. The summed E-state index contributed by atoms with van der Waals surface area (Å²) in [6, 6.07) is 13.6. The number of ether oxygens (including phenoxy) is 2. The fourth-order valence-corrected chi connectivity index (χ4v) is 2.89. The molecule has 3 N–H and O–H groups in total. The van der Waals surface area contributed by atoms with Crippen LogP contribution in [0.5, 0.6) is 0 Å². The number of aromatic carboxylic acids is 1. The summed E-state index contributed by atoms with van der Waals surface area (Å²) in [5, 5.41) is 15.6. The first-order chi connectivity index (χ1) is 14.4. The van der Waals surface area contributed by atoms with E-state index in [9.17, 15) is 19.5 Å². The van der Waals surface area contributed by atoms with Gasteiger partial charge in [-0.25, -0.2) is 9.59 Å². The van der Waals surface area contributed by atoms with Crippen LogP contribution in [0.3, 0.4) is 0 Å². The standard InChI is InChI=1S/C22H26N2O6/c1-29-20(25)13-19(22(28)30-2)24-18-9-8-16(21(26)27)12-17(18)14-23-11-10-15-6-4-3-5-7-15/h3-9,12,19,23-24H,10-11,13-14H2,1-2H3,(H,26,27). The lowest BCUT2D eigenvalue weighted by Gasteiger charge is -2.20. The van der Waals surface area contributed by atoms with E-state index >= 15 is 0 Å². The Hall–Kier alpha value is -3.39. The zero-order chi connectivity index (χ0) is 21.9. The quantitative estimate of drug-likeness (QED) is 0.379. The molecule has 2 aromatic rings. The Kier molecular flexibility index (Phi) is 8.83. The van der Waals surface area contributed by atoms with Crippen molar-refractivity contribution in [3.63, 3.8) is 0 Å². The smallest absolute Gasteiger partial charge is 0.335 e. The summed E-state index contributed by atoms with van der Waals surface area (Å²) in [7, 11) is 2.47. The molecule has 30 heavy (non-hydrogen) atoms. The van der Waals surface area contributed by atoms with Gasteiger partial charge >= 0.3 is 17.9 Å². The van der Waals surface area contributed by atoms with Crippen molar-refractivity contribution in [2.75, 3.05) is 26.1 Å². The number of benzene rings is 2. The van der Waals surface area contributed by atoms with E-state index in [4.69, 9.17) is 4.74 Å². The highest BCUT2D eigenvalue weighted by Crippen LogP contribution is 2.20. The summed E-state index contributed by atoms with van der Waals surface area (Å²) < 4.78 is 9.40. The van der Waals surface area contributed by atoms with Crippen molar-refractivity contribution in [3.8, 4) is 0 Å². The molecule has 160 valence electrons. The van der Waals surface area contributed by atoms with Gasteiger partial charge in [0.15, 0.2) is 0 Å². The second-order valence-corrected chi connectivity index (χ2v) is 6.59. The molecule has 8 nitrogen and oxygen atoms in total. The van der Waals surface area contributed by atoms with Gasteiger partial charge in [0.2, 0.25) is 0 Å². The molecule has 0 amide bonds. The molecule has 0 bridgehead atoms. The van der Waals surface area contributed by atoms with Gasteiger partial charge in [-0.05, 0) is 42.3 Å². The number of anilines is 1. The average molecular weight is 414 g/mol. The molecule has 2 aromatic carbocycles. The molecule has 0 heterocycles. The van der Waals surface area contributed by atoms with Crippen LogP contribution in [0.25, 0.3) is 0 Å². The van der Waals surface area contributed by atoms with Gasteiger partial charge in [-0.3, -0.25) is 4.79 Å². The predicted octanol–water partition coefficient (Wildman–Crippen LogP) is 2.23. The van der Waals surface area contributed by atoms with Gasteiger partial charge < -0.3 is 25.2 Å². The maximum atomic E-state index is 12.1. The van der Waals surface area contributed by atoms with Gasteiger partial charge in [0.05, 0.1) is 26.2 Å². The van der Waals surface area contributed by atoms with Gasteiger partial charge in [0.25, 0.3) is 0 Å². The first-order valence-electron chi connectivity index (χ1n) is 9.46. The maximum absolute atomic E-state index is 12.1. The summed E-state index contributed by atoms with van der Waals surface area (Å²) in [6.07, 6.45) is 0.597. The highest BCUT2D eigenvalue weighted by atomic mass is 16.5. The van der Waals surface area contributed by atoms with Crippen molar-refractivity contribution < 1.29 is 29.0 Å². The highest BCUT2D eigenvalue weighted by Gasteiger charge is 2.24. The van der Waals surface area contributed by atoms with Crippen LogP contribution in [-0.2, 0) is 32.0 Å². The molecule has 0 aliphatic rings. The number of hydrogen-bond acceptors (Lipinski definition) is 7. The fourth-order valence-electron chi connectivity index (χ4n) is 2.89. The summed E-state index contributed by atoms with van der Waals surface area (Å²) in [6.45, 7) is 1.06. The molecule has 0 radical (unpaired) electrons. The number of carbonyl (C=O) groups is 3. The number of carboxylic acid groups (broad SMARTS) is 1. The monoisotopic (exact) mass is 414 g/mol. The number of carbonyl (C=O) groups excluding carboxylic acids is 2. The van der Waals surface area contributed by atoms with Gasteiger partial charge in [0.1, 0.15) is 6.04 Å². The third-order valence-corrected chi connectivity index (χ3v) is 4.51. The van der Waals surface area contributed by atoms with Crippen molar-refractivity contribution >= 4 is 23.6 Å². The Morgan fingerprint density at radius 3 is 2.40 bits per heavy atom. The Morgan fingerprint density at radius 1 is 1.03 bits per heavy atom. The molecule has 2 rings (SSSR count). The highest BCUT2D eigenvalue weighted by molar-refractivity contribution is 5.89. The molecule has 0 spiro atoms. The molecule has 0 aliphatic carbocycles. The normalized spacial score (nSPS) is 11.4. The van der Waals surface area contributed by atoms with Crippen LogP contribution in [0.2, 0.25) is 0 Å². The number of methoxy groups -OCH3 is 2. The number of carboxylic acids is 1. The summed E-state index contributed by atoms with van der Waals surface area (Å²) in [5.74, 6) is -2.24. The van der Waals surface area contributed by atoms with E-state index < -0.39 is 23.9 Å². The van der Waals surface area contributed by atoms with E-state index in [0.717, 1.165) is 6.42 Å². The van der Waals surface area contributed by atoms with E-state index in [1.165, 1.54) is 31.9 Å². The molecular weight excluding hydrogens is 388 g/mol. The van der Waals surface area contributed by atoms with E-state index in [0.29, 0.717) is 24.3 Å². The van der Waals surface area contributed by atoms with Crippen LogP contribution in [0.15, 0.2) is 48.5 Å². The van der Waals surface area contributed by atoms with Gasteiger partial charge in [-0.2, -0.15) is 0 Å². The zero-order valence-electron chi connectivity index (χ0n) is 17.0. The van der Waals surface area contributed by atoms with Crippen molar-refractivity contribution in [1.82, 2.24) is 5.32 Å². The number of esters is 2. The van der Waals surface area contributed by atoms with E-state index in [1.54, 1.807) is 6.07 Å². The molecule has 1 unspecified atom stereocenters. The third kappa shape index (κ3) is 6.89. The lowest BCUT2D eigenvalue weighted by molar-refractivity contribution is -0.148. The largest absolute Gasteiger partial charge is 0.478 e. The molecule has 0 aliphatic heterocycles. The Bertz CT molecular complexity index is 869. The molecular formula is C22H26N2O6. The second-order valence-electron chi connectivity index (χ2n) is 6.59. The molecule has 1 atom stereocenters. The van der Waals surface area contributed by atoms with Crippen molar-refractivity contribution in [2.24, 2.45) is 0 Å². The lowest BCUT2D eigenvalue weighted by atomic mass is 10.1. The maximum Gasteiger partial charge on any atom is 0.335 e. The van der Waals surface area contributed by atoms with Crippen molar-refractivity contribution in [3.05, 3.63) is 65.2 Å². The Balaban J connectivity index is 2.13. The van der Waals surface area contributed by atoms with Crippen LogP contribution in [-0.4, -0.2) is 49.8 Å². The molecule has 0 fully saturated rings. The minimum atomic E-state index is -1.05. The van der Waals surface area contributed by atoms with E-state index in [1.807, 2.05) is 30.3 Å². The van der Waals surface area contributed by atoms with Crippen LogP contribution < -0.4 is 10.6 Å². The number of hydrogen-bond donors (Lipinski definition) is 3. The molecule has 0 saturated heterocycles. The second kappa shape index (κ2) is 11.6. The minimum absolute atomic E-state index is 0.128. The topological polar surface area (TPSA) is 114 Å². The first kappa shape index (κ1) is 22.9. The van der Waals surface area contributed by atoms with Gasteiger partial charge in [-0.1, -0.05) is 30.3 Å².